The second-order valence-corrected chi connectivity index (χ2v) is 2.75. The summed E-state index contributed by atoms with van der Waals surface area (Å²) in [7, 11) is 0. The average Bonchev–Trinajstić information content (AvgIpc) is 2.16. The molecule has 3 nitrogen and oxygen atoms in total. The van der Waals surface area contributed by atoms with E-state index in [1.807, 2.05) is 6.07 Å². The maximum absolute atomic E-state index is 9.83. The van der Waals surface area contributed by atoms with Crippen molar-refractivity contribution in [1.82, 2.24) is 0 Å². The van der Waals surface area contributed by atoms with Crippen molar-refractivity contribution in [2.75, 3.05) is 0 Å². The van der Waals surface area contributed by atoms with Gasteiger partial charge in [0.05, 0.1) is 0 Å². The van der Waals surface area contributed by atoms with Crippen LogP contribution in [0, 0.1) is 11.3 Å². The number of hydrogen-bond acceptors (Lipinski definition) is 3. The van der Waals surface area contributed by atoms with Crippen LogP contribution in [0.4, 0.5) is 0 Å². The van der Waals surface area contributed by atoms with Gasteiger partial charge in [0.25, 0.3) is 0 Å². The molecule has 13 heavy (non-hydrogen) atoms. The minimum absolute atomic E-state index is 0.173. The molecule has 0 aromatic heterocycles. The largest absolute Gasteiger partial charge is 0.241 e. The molecule has 0 N–H and O–H groups in total. The summed E-state index contributed by atoms with van der Waals surface area (Å²) in [5.74, 6) is 0. The predicted octanol–water partition coefficient (Wildman–Crippen LogP) is 2.70. The molecule has 0 aliphatic carbocycles. The van der Waals surface area contributed by atoms with Gasteiger partial charge in [0.15, 0.2) is 0 Å². The van der Waals surface area contributed by atoms with Crippen LogP contribution in [0.25, 0.3) is 0 Å². The van der Waals surface area contributed by atoms with E-state index in [0.717, 1.165) is 19.3 Å². The van der Waals surface area contributed by atoms with Gasteiger partial charge in [0.1, 0.15) is 11.8 Å². The number of nitrogens with zero attached hydrogens (tertiary/aromatic N) is 2. The van der Waals surface area contributed by atoms with Crippen LogP contribution in [0.15, 0.2) is 16.8 Å². The van der Waals surface area contributed by atoms with Gasteiger partial charge in [0, 0.05) is 0 Å². The maximum atomic E-state index is 9.83. The number of isocyanates is 1. The molecule has 0 spiro atoms. The number of carbonyl (C=O) groups excluding carboxylic acids is 1. The van der Waals surface area contributed by atoms with Crippen LogP contribution in [0.3, 0.4) is 0 Å². The van der Waals surface area contributed by atoms with Gasteiger partial charge in [0.2, 0.25) is 6.08 Å². The van der Waals surface area contributed by atoms with Gasteiger partial charge in [-0.25, -0.2) is 4.79 Å². The number of nitriles is 1. The van der Waals surface area contributed by atoms with Crippen molar-refractivity contribution in [3.63, 3.8) is 0 Å². The Kier molecular flexibility index (Phi) is 7.77. The average molecular weight is 178 g/mol. The molecule has 0 heterocycles. The van der Waals surface area contributed by atoms with E-state index in [1.165, 1.54) is 18.9 Å². The van der Waals surface area contributed by atoms with Crippen molar-refractivity contribution >= 4 is 6.08 Å². The Balaban J connectivity index is 3.69. The van der Waals surface area contributed by atoms with Crippen LogP contribution in [-0.2, 0) is 4.79 Å². The first-order valence-electron chi connectivity index (χ1n) is 4.53. The Hall–Kier alpha value is -1.39. The minimum Gasteiger partial charge on any atom is -0.211 e. The zero-order chi connectivity index (χ0) is 9.94. The zero-order valence-electron chi connectivity index (χ0n) is 7.92. The number of unbranched alkanes of at least 4 members (excludes halogenated alkanes) is 4. The molecule has 0 saturated carbocycles. The fraction of sp³-hybridized carbons (Fsp3) is 0.600. The summed E-state index contributed by atoms with van der Waals surface area (Å²) in [4.78, 5) is 13.1. The smallest absolute Gasteiger partial charge is 0.211 e. The molecular formula is C10H14N2O. The topological polar surface area (TPSA) is 53.2 Å². The quantitative estimate of drug-likeness (QED) is 0.272. The van der Waals surface area contributed by atoms with Crippen molar-refractivity contribution in [3.8, 4) is 6.07 Å². The third-order valence-electron chi connectivity index (χ3n) is 1.68. The predicted molar refractivity (Wildman–Crippen MR) is 50.6 cm³/mol. The van der Waals surface area contributed by atoms with Crippen molar-refractivity contribution in [3.05, 3.63) is 11.8 Å². The van der Waals surface area contributed by atoms with Gasteiger partial charge in [-0.3, -0.25) is 0 Å². The fourth-order valence-electron chi connectivity index (χ4n) is 0.975. The third-order valence-corrected chi connectivity index (χ3v) is 1.68. The van der Waals surface area contributed by atoms with E-state index in [9.17, 15) is 4.79 Å². The van der Waals surface area contributed by atoms with Gasteiger partial charge in [-0.15, -0.1) is 0 Å². The summed E-state index contributed by atoms with van der Waals surface area (Å²) in [6.45, 7) is 2.15. The molecule has 0 radical (unpaired) electrons. The lowest BCUT2D eigenvalue weighted by Gasteiger charge is -1.93. The summed E-state index contributed by atoms with van der Waals surface area (Å²) >= 11 is 0. The van der Waals surface area contributed by atoms with E-state index in [2.05, 4.69) is 11.9 Å². The van der Waals surface area contributed by atoms with Gasteiger partial charge in [-0.05, 0) is 18.9 Å². The summed E-state index contributed by atoms with van der Waals surface area (Å²) in [5, 5.41) is 8.47. The number of aliphatic imine (C=N–C) groups is 1. The highest BCUT2D eigenvalue weighted by Crippen LogP contribution is 2.05. The zero-order valence-corrected chi connectivity index (χ0v) is 7.92. The van der Waals surface area contributed by atoms with Crippen molar-refractivity contribution < 1.29 is 4.79 Å². The first kappa shape index (κ1) is 11.6. The number of hydrogen-bond donors (Lipinski definition) is 0. The maximum Gasteiger partial charge on any atom is 0.241 e. The molecule has 0 aliphatic heterocycles. The van der Waals surface area contributed by atoms with Crippen LogP contribution in [0.1, 0.15) is 39.0 Å². The molecule has 0 saturated heterocycles. The first-order valence-corrected chi connectivity index (χ1v) is 4.53. The molecule has 0 fully saturated rings. The lowest BCUT2D eigenvalue weighted by Crippen LogP contribution is -1.76. The second kappa shape index (κ2) is 8.70. The fourth-order valence-corrected chi connectivity index (χ4v) is 0.975. The van der Waals surface area contributed by atoms with E-state index in [1.54, 1.807) is 6.08 Å². The highest BCUT2D eigenvalue weighted by Gasteiger charge is 1.90. The Morgan fingerprint density at radius 1 is 1.46 bits per heavy atom. The SMILES string of the molecule is CCCCCC/C=C(/C#N)N=C=O. The summed E-state index contributed by atoms with van der Waals surface area (Å²) < 4.78 is 0. The van der Waals surface area contributed by atoms with E-state index in [0.29, 0.717) is 0 Å². The monoisotopic (exact) mass is 178 g/mol. The number of allylic oxidation sites excluding steroid dienone is 2. The second-order valence-electron chi connectivity index (χ2n) is 2.75. The Morgan fingerprint density at radius 2 is 2.23 bits per heavy atom. The summed E-state index contributed by atoms with van der Waals surface area (Å²) in [6, 6.07) is 1.83. The molecule has 0 aliphatic rings. The molecule has 0 amide bonds. The van der Waals surface area contributed by atoms with Crippen LogP contribution < -0.4 is 0 Å². The summed E-state index contributed by atoms with van der Waals surface area (Å²) in [6.07, 6.45) is 8.47. The van der Waals surface area contributed by atoms with E-state index >= 15 is 0 Å². The van der Waals surface area contributed by atoms with Crippen molar-refractivity contribution in [2.24, 2.45) is 4.99 Å². The van der Waals surface area contributed by atoms with Gasteiger partial charge in [-0.2, -0.15) is 10.3 Å². The molecule has 0 rings (SSSR count). The highest BCUT2D eigenvalue weighted by molar-refractivity contribution is 5.40. The number of rotatable bonds is 6. The van der Waals surface area contributed by atoms with Gasteiger partial charge in [-0.1, -0.05) is 26.2 Å². The van der Waals surface area contributed by atoms with E-state index in [4.69, 9.17) is 5.26 Å². The van der Waals surface area contributed by atoms with Crippen molar-refractivity contribution in [1.29, 1.82) is 5.26 Å². The summed E-state index contributed by atoms with van der Waals surface area (Å²) in [5.41, 5.74) is 0.173. The molecule has 0 aromatic carbocycles. The van der Waals surface area contributed by atoms with Gasteiger partial charge < -0.3 is 0 Å². The van der Waals surface area contributed by atoms with E-state index < -0.39 is 0 Å². The lowest BCUT2D eigenvalue weighted by atomic mass is 10.1. The molecule has 70 valence electrons. The van der Waals surface area contributed by atoms with Crippen LogP contribution in [0.5, 0.6) is 0 Å². The molecule has 0 atom stereocenters. The molecule has 3 heteroatoms. The molecule has 0 aromatic rings. The lowest BCUT2D eigenvalue weighted by molar-refractivity contribution is 0.565. The minimum atomic E-state index is 0.173. The van der Waals surface area contributed by atoms with Crippen LogP contribution in [0.2, 0.25) is 0 Å². The molecule has 0 unspecified atom stereocenters. The highest BCUT2D eigenvalue weighted by atomic mass is 16.1. The molecular weight excluding hydrogens is 164 g/mol. The Labute approximate surface area is 78.8 Å². The van der Waals surface area contributed by atoms with Gasteiger partial charge >= 0.3 is 0 Å². The van der Waals surface area contributed by atoms with Crippen LogP contribution in [-0.4, -0.2) is 6.08 Å². The van der Waals surface area contributed by atoms with E-state index in [-0.39, 0.29) is 5.70 Å². The first-order chi connectivity index (χ1) is 6.35. The molecule has 0 bridgehead atoms. The normalized spacial score (nSPS) is 10.3. The third kappa shape index (κ3) is 6.99. The van der Waals surface area contributed by atoms with Crippen molar-refractivity contribution in [2.45, 2.75) is 39.0 Å². The van der Waals surface area contributed by atoms with Crippen LogP contribution >= 0.6 is 0 Å². The Bertz CT molecular complexity index is 244. The standard InChI is InChI=1S/C10H14N2O/c1-2-3-4-5-6-7-10(8-11)12-9-13/h7H,2-6H2,1H3/b10-7-. The Morgan fingerprint density at radius 3 is 2.77 bits per heavy atom.